The highest BCUT2D eigenvalue weighted by Crippen LogP contribution is 2.58. The summed E-state index contributed by atoms with van der Waals surface area (Å²) in [4.78, 5) is 0. The minimum absolute atomic E-state index is 0.355. The SMILES string of the molecule is CC1(C)CC1c1n[nH]c(=S)n1-c1ccccc1. The van der Waals surface area contributed by atoms with Gasteiger partial charge in [0.25, 0.3) is 0 Å². The lowest BCUT2D eigenvalue weighted by Gasteiger charge is -2.07. The molecule has 1 aromatic heterocycles. The number of aromatic amines is 1. The van der Waals surface area contributed by atoms with Crippen molar-refractivity contribution >= 4 is 12.2 Å². The Labute approximate surface area is 105 Å². The summed E-state index contributed by atoms with van der Waals surface area (Å²) in [5, 5.41) is 7.31. The minimum Gasteiger partial charge on any atom is -0.272 e. The molecule has 3 nitrogen and oxygen atoms in total. The zero-order valence-electron chi connectivity index (χ0n) is 9.97. The van der Waals surface area contributed by atoms with E-state index in [1.54, 1.807) is 0 Å². The third kappa shape index (κ3) is 1.72. The number of hydrogen-bond acceptors (Lipinski definition) is 2. The maximum absolute atomic E-state index is 5.32. The first-order valence-corrected chi connectivity index (χ1v) is 6.23. The maximum atomic E-state index is 5.32. The molecular formula is C13H15N3S. The van der Waals surface area contributed by atoms with Crippen molar-refractivity contribution in [3.8, 4) is 5.69 Å². The van der Waals surface area contributed by atoms with Gasteiger partial charge in [-0.05, 0) is 36.2 Å². The predicted molar refractivity (Wildman–Crippen MR) is 69.9 cm³/mol. The third-order valence-electron chi connectivity index (χ3n) is 3.54. The Morgan fingerprint density at radius 2 is 2.00 bits per heavy atom. The van der Waals surface area contributed by atoms with Gasteiger partial charge in [-0.25, -0.2) is 0 Å². The Morgan fingerprint density at radius 3 is 2.59 bits per heavy atom. The Hall–Kier alpha value is -1.42. The van der Waals surface area contributed by atoms with Gasteiger partial charge in [0.1, 0.15) is 5.82 Å². The molecule has 1 aliphatic carbocycles. The highest BCUT2D eigenvalue weighted by Gasteiger charge is 2.49. The van der Waals surface area contributed by atoms with E-state index < -0.39 is 0 Å². The molecule has 4 heteroatoms. The molecule has 1 heterocycles. The summed E-state index contributed by atoms with van der Waals surface area (Å²) in [5.74, 6) is 1.57. The molecule has 88 valence electrons. The first kappa shape index (κ1) is 10.7. The van der Waals surface area contributed by atoms with Crippen LogP contribution in [0.2, 0.25) is 0 Å². The molecule has 0 bridgehead atoms. The van der Waals surface area contributed by atoms with Crippen LogP contribution in [0.5, 0.6) is 0 Å². The monoisotopic (exact) mass is 245 g/mol. The lowest BCUT2D eigenvalue weighted by molar-refractivity contribution is 0.603. The van der Waals surface area contributed by atoms with E-state index >= 15 is 0 Å². The van der Waals surface area contributed by atoms with Crippen LogP contribution in [0.25, 0.3) is 5.69 Å². The van der Waals surface area contributed by atoms with Crippen LogP contribution in [0, 0.1) is 10.2 Å². The fourth-order valence-corrected chi connectivity index (χ4v) is 2.52. The van der Waals surface area contributed by atoms with Crippen LogP contribution in [0.15, 0.2) is 30.3 Å². The topological polar surface area (TPSA) is 33.6 Å². The molecule has 1 aromatic carbocycles. The van der Waals surface area contributed by atoms with E-state index in [0.717, 1.165) is 11.5 Å². The molecule has 1 N–H and O–H groups in total. The van der Waals surface area contributed by atoms with Crippen molar-refractivity contribution in [2.75, 3.05) is 0 Å². The lowest BCUT2D eigenvalue weighted by atomic mass is 10.1. The predicted octanol–water partition coefficient (Wildman–Crippen LogP) is 3.44. The normalized spacial score (nSPS) is 21.4. The Bertz CT molecular complexity index is 595. The number of hydrogen-bond donors (Lipinski definition) is 1. The van der Waals surface area contributed by atoms with Crippen molar-refractivity contribution in [1.29, 1.82) is 0 Å². The van der Waals surface area contributed by atoms with Crippen molar-refractivity contribution in [2.24, 2.45) is 5.41 Å². The summed E-state index contributed by atoms with van der Waals surface area (Å²) >= 11 is 5.32. The molecular weight excluding hydrogens is 230 g/mol. The van der Waals surface area contributed by atoms with Crippen molar-refractivity contribution in [2.45, 2.75) is 26.2 Å². The van der Waals surface area contributed by atoms with Crippen LogP contribution < -0.4 is 0 Å². The van der Waals surface area contributed by atoms with E-state index in [1.165, 1.54) is 6.42 Å². The fourth-order valence-electron chi connectivity index (χ4n) is 2.28. The molecule has 0 spiro atoms. The van der Waals surface area contributed by atoms with E-state index in [4.69, 9.17) is 12.2 Å². The molecule has 1 fully saturated rings. The van der Waals surface area contributed by atoms with E-state index in [9.17, 15) is 0 Å². The number of benzene rings is 1. The molecule has 1 aliphatic rings. The van der Waals surface area contributed by atoms with Crippen LogP contribution in [0.3, 0.4) is 0 Å². The fraction of sp³-hybridized carbons (Fsp3) is 0.385. The largest absolute Gasteiger partial charge is 0.272 e. The quantitative estimate of drug-likeness (QED) is 0.822. The van der Waals surface area contributed by atoms with Gasteiger partial charge in [-0.2, -0.15) is 5.10 Å². The van der Waals surface area contributed by atoms with Crippen molar-refractivity contribution < 1.29 is 0 Å². The number of nitrogens with zero attached hydrogens (tertiary/aromatic N) is 2. The van der Waals surface area contributed by atoms with Gasteiger partial charge in [-0.1, -0.05) is 32.0 Å². The number of rotatable bonds is 2. The summed E-state index contributed by atoms with van der Waals surface area (Å²) in [5.41, 5.74) is 1.44. The van der Waals surface area contributed by atoms with Crippen LogP contribution in [0.4, 0.5) is 0 Å². The average molecular weight is 245 g/mol. The lowest BCUT2D eigenvalue weighted by Crippen LogP contribution is -2.02. The molecule has 17 heavy (non-hydrogen) atoms. The zero-order valence-corrected chi connectivity index (χ0v) is 10.8. The van der Waals surface area contributed by atoms with Crippen LogP contribution >= 0.6 is 12.2 Å². The molecule has 0 radical (unpaired) electrons. The summed E-state index contributed by atoms with van der Waals surface area (Å²) < 4.78 is 2.73. The average Bonchev–Trinajstić information content (AvgIpc) is 2.78. The molecule has 0 aliphatic heterocycles. The first-order valence-electron chi connectivity index (χ1n) is 5.82. The van der Waals surface area contributed by atoms with Gasteiger partial charge in [-0.15, -0.1) is 0 Å². The van der Waals surface area contributed by atoms with Gasteiger partial charge in [0.15, 0.2) is 4.77 Å². The molecule has 1 unspecified atom stereocenters. The molecule has 0 amide bonds. The summed E-state index contributed by atoms with van der Waals surface area (Å²) in [7, 11) is 0. The Balaban J connectivity index is 2.12. The molecule has 3 rings (SSSR count). The number of nitrogens with one attached hydrogen (secondary N) is 1. The van der Waals surface area contributed by atoms with E-state index in [0.29, 0.717) is 16.1 Å². The summed E-state index contributed by atoms with van der Waals surface area (Å²) in [6.07, 6.45) is 1.18. The van der Waals surface area contributed by atoms with Crippen LogP contribution in [-0.2, 0) is 0 Å². The molecule has 1 atom stereocenters. The van der Waals surface area contributed by atoms with E-state index in [1.807, 2.05) is 18.2 Å². The maximum Gasteiger partial charge on any atom is 0.199 e. The van der Waals surface area contributed by atoms with Crippen molar-refractivity contribution in [3.63, 3.8) is 0 Å². The van der Waals surface area contributed by atoms with Crippen LogP contribution in [0.1, 0.15) is 32.0 Å². The number of aromatic nitrogens is 3. The second-order valence-electron chi connectivity index (χ2n) is 5.30. The van der Waals surface area contributed by atoms with Gasteiger partial charge >= 0.3 is 0 Å². The highest BCUT2D eigenvalue weighted by molar-refractivity contribution is 7.71. The second-order valence-corrected chi connectivity index (χ2v) is 5.69. The van der Waals surface area contributed by atoms with Gasteiger partial charge < -0.3 is 0 Å². The Morgan fingerprint density at radius 1 is 1.35 bits per heavy atom. The molecule has 0 saturated heterocycles. The van der Waals surface area contributed by atoms with E-state index in [-0.39, 0.29) is 0 Å². The van der Waals surface area contributed by atoms with Crippen LogP contribution in [-0.4, -0.2) is 14.8 Å². The number of H-pyrrole nitrogens is 1. The third-order valence-corrected chi connectivity index (χ3v) is 3.81. The Kier molecular flexibility index (Phi) is 2.23. The smallest absolute Gasteiger partial charge is 0.199 e. The highest BCUT2D eigenvalue weighted by atomic mass is 32.1. The molecule has 1 saturated carbocycles. The number of para-hydroxylation sites is 1. The van der Waals surface area contributed by atoms with Gasteiger partial charge in [-0.3, -0.25) is 9.67 Å². The van der Waals surface area contributed by atoms with Crippen molar-refractivity contribution in [3.05, 3.63) is 40.9 Å². The first-order chi connectivity index (χ1) is 8.09. The minimum atomic E-state index is 0.355. The van der Waals surface area contributed by atoms with E-state index in [2.05, 4.69) is 40.7 Å². The van der Waals surface area contributed by atoms with Crippen molar-refractivity contribution in [1.82, 2.24) is 14.8 Å². The summed E-state index contributed by atoms with van der Waals surface area (Å²) in [6.45, 7) is 4.54. The standard InChI is InChI=1S/C13H15N3S/c1-13(2)8-10(13)11-14-15-12(17)16(11)9-6-4-3-5-7-9/h3-7,10H,8H2,1-2H3,(H,15,17). The zero-order chi connectivity index (χ0) is 12.0. The van der Waals surface area contributed by atoms with Gasteiger partial charge in [0.05, 0.1) is 0 Å². The van der Waals surface area contributed by atoms with Gasteiger partial charge in [0.2, 0.25) is 0 Å². The second kappa shape index (κ2) is 3.53. The van der Waals surface area contributed by atoms with Gasteiger partial charge in [0, 0.05) is 11.6 Å². The molecule has 2 aromatic rings. The summed E-state index contributed by atoms with van der Waals surface area (Å²) in [6, 6.07) is 10.2.